The fraction of sp³-hybridized carbons (Fsp3) is 0. The van der Waals surface area contributed by atoms with Gasteiger partial charge in [-0.05, 0) is 22.2 Å². The van der Waals surface area contributed by atoms with Crippen molar-refractivity contribution in [1.29, 1.82) is 0 Å². The predicted octanol–water partition coefficient (Wildman–Crippen LogP) is 3.35. The molecule has 0 N–H and O–H groups in total. The second kappa shape index (κ2) is 2.51. The lowest BCUT2D eigenvalue weighted by atomic mass is 10.2. The molecule has 0 atom stereocenters. The molecular formula is C10H7S. The van der Waals surface area contributed by atoms with Crippen LogP contribution in [0.1, 0.15) is 4.88 Å². The van der Waals surface area contributed by atoms with Crippen molar-refractivity contribution in [2.75, 3.05) is 0 Å². The minimum absolute atomic E-state index is 1.15. The van der Waals surface area contributed by atoms with Gasteiger partial charge in [-0.15, -0.1) is 11.3 Å². The average molecular weight is 159 g/mol. The lowest BCUT2D eigenvalue weighted by Gasteiger charge is -1.87. The van der Waals surface area contributed by atoms with Crippen molar-refractivity contribution in [1.82, 2.24) is 0 Å². The molecule has 0 amide bonds. The highest BCUT2D eigenvalue weighted by molar-refractivity contribution is 7.12. The molecule has 0 aliphatic rings. The van der Waals surface area contributed by atoms with Gasteiger partial charge in [0, 0.05) is 4.88 Å². The van der Waals surface area contributed by atoms with Gasteiger partial charge in [-0.2, -0.15) is 0 Å². The third-order valence-corrected chi connectivity index (χ3v) is 2.67. The van der Waals surface area contributed by atoms with Crippen LogP contribution in [0.3, 0.4) is 0 Å². The van der Waals surface area contributed by atoms with E-state index in [0.717, 1.165) is 4.88 Å². The van der Waals surface area contributed by atoms with E-state index in [1.807, 2.05) is 12.1 Å². The molecule has 11 heavy (non-hydrogen) atoms. The molecule has 1 heteroatoms. The SMILES string of the molecule is [CH]=Cc1scc2ccccc12. The number of hydrogen-bond donors (Lipinski definition) is 0. The lowest BCUT2D eigenvalue weighted by molar-refractivity contribution is 1.84. The first-order chi connectivity index (χ1) is 5.42. The van der Waals surface area contributed by atoms with Crippen LogP contribution in [0.25, 0.3) is 16.8 Å². The molecule has 0 fully saturated rings. The molecule has 0 unspecified atom stereocenters. The smallest absolute Gasteiger partial charge is 0.0348 e. The number of benzene rings is 1. The highest BCUT2D eigenvalue weighted by atomic mass is 32.1. The Bertz CT molecular complexity index is 384. The number of hydrogen-bond acceptors (Lipinski definition) is 1. The molecule has 1 aromatic heterocycles. The van der Waals surface area contributed by atoms with Gasteiger partial charge in [0.1, 0.15) is 0 Å². The van der Waals surface area contributed by atoms with Gasteiger partial charge in [-0.1, -0.05) is 30.8 Å². The summed E-state index contributed by atoms with van der Waals surface area (Å²) in [7, 11) is 0. The maximum Gasteiger partial charge on any atom is 0.0348 e. The van der Waals surface area contributed by atoms with Crippen LogP contribution in [-0.4, -0.2) is 0 Å². The largest absolute Gasteiger partial charge is 0.143 e. The van der Waals surface area contributed by atoms with Gasteiger partial charge in [0.2, 0.25) is 0 Å². The Morgan fingerprint density at radius 3 is 2.91 bits per heavy atom. The number of fused-ring (bicyclic) bond motifs is 1. The summed E-state index contributed by atoms with van der Waals surface area (Å²) in [6.45, 7) is 5.45. The summed E-state index contributed by atoms with van der Waals surface area (Å²) < 4.78 is 0. The van der Waals surface area contributed by atoms with E-state index in [1.165, 1.54) is 10.8 Å². The third kappa shape index (κ3) is 0.976. The predicted molar refractivity (Wildman–Crippen MR) is 50.6 cm³/mol. The van der Waals surface area contributed by atoms with Crippen molar-refractivity contribution < 1.29 is 0 Å². The zero-order valence-electron chi connectivity index (χ0n) is 5.95. The van der Waals surface area contributed by atoms with Crippen LogP contribution in [-0.2, 0) is 0 Å². The monoisotopic (exact) mass is 159 g/mol. The second-order valence-electron chi connectivity index (χ2n) is 2.35. The maximum atomic E-state index is 5.45. The molecule has 0 nitrogen and oxygen atoms in total. The van der Waals surface area contributed by atoms with Crippen molar-refractivity contribution >= 4 is 28.2 Å². The van der Waals surface area contributed by atoms with E-state index in [4.69, 9.17) is 6.58 Å². The Hall–Kier alpha value is -1.08. The quantitative estimate of drug-likeness (QED) is 0.598. The molecule has 0 aliphatic carbocycles. The van der Waals surface area contributed by atoms with Gasteiger partial charge in [0.25, 0.3) is 0 Å². The van der Waals surface area contributed by atoms with Crippen molar-refractivity contribution in [3.05, 3.63) is 41.1 Å². The minimum atomic E-state index is 1.15. The zero-order chi connectivity index (χ0) is 7.68. The molecule has 1 aromatic carbocycles. The summed E-state index contributed by atoms with van der Waals surface area (Å²) in [6, 6.07) is 8.25. The molecule has 0 aliphatic heterocycles. The Morgan fingerprint density at radius 1 is 1.27 bits per heavy atom. The number of thiophene rings is 1. The highest BCUT2D eigenvalue weighted by Crippen LogP contribution is 2.25. The topological polar surface area (TPSA) is 0 Å². The van der Waals surface area contributed by atoms with E-state index in [-0.39, 0.29) is 0 Å². The first-order valence-electron chi connectivity index (χ1n) is 3.43. The molecule has 0 spiro atoms. The lowest BCUT2D eigenvalue weighted by Crippen LogP contribution is -1.63. The molecule has 0 saturated heterocycles. The van der Waals surface area contributed by atoms with E-state index in [1.54, 1.807) is 17.4 Å². The van der Waals surface area contributed by atoms with Crippen molar-refractivity contribution in [3.63, 3.8) is 0 Å². The summed E-state index contributed by atoms with van der Waals surface area (Å²) >= 11 is 1.68. The first-order valence-corrected chi connectivity index (χ1v) is 4.31. The number of rotatable bonds is 1. The Morgan fingerprint density at radius 2 is 2.09 bits per heavy atom. The van der Waals surface area contributed by atoms with E-state index < -0.39 is 0 Å². The van der Waals surface area contributed by atoms with Gasteiger partial charge in [0.05, 0.1) is 0 Å². The molecule has 2 aromatic rings. The van der Waals surface area contributed by atoms with E-state index in [2.05, 4.69) is 17.5 Å². The summed E-state index contributed by atoms with van der Waals surface area (Å²) in [5, 5.41) is 4.64. The molecule has 1 heterocycles. The second-order valence-corrected chi connectivity index (χ2v) is 3.27. The molecule has 1 radical (unpaired) electrons. The van der Waals surface area contributed by atoms with Crippen LogP contribution in [0.2, 0.25) is 0 Å². The van der Waals surface area contributed by atoms with E-state index >= 15 is 0 Å². The van der Waals surface area contributed by atoms with Crippen molar-refractivity contribution in [3.8, 4) is 0 Å². The first kappa shape index (κ1) is 6.62. The Kier molecular flexibility index (Phi) is 1.51. The van der Waals surface area contributed by atoms with E-state index in [9.17, 15) is 0 Å². The van der Waals surface area contributed by atoms with Gasteiger partial charge in [-0.25, -0.2) is 0 Å². The Balaban J connectivity index is 2.86. The molecule has 2 rings (SSSR count). The minimum Gasteiger partial charge on any atom is -0.143 e. The van der Waals surface area contributed by atoms with E-state index in [0.29, 0.717) is 0 Å². The molecule has 0 bridgehead atoms. The standard InChI is InChI=1S/C10H7S/c1-2-10-9-6-4-3-5-8(9)7-11-10/h1-7H. The van der Waals surface area contributed by atoms with Crippen molar-refractivity contribution in [2.24, 2.45) is 0 Å². The van der Waals surface area contributed by atoms with Crippen LogP contribution in [0.15, 0.2) is 29.6 Å². The van der Waals surface area contributed by atoms with Gasteiger partial charge in [-0.3, -0.25) is 0 Å². The van der Waals surface area contributed by atoms with Crippen LogP contribution in [0.5, 0.6) is 0 Å². The van der Waals surface area contributed by atoms with Gasteiger partial charge < -0.3 is 0 Å². The van der Waals surface area contributed by atoms with Crippen LogP contribution in [0, 0.1) is 6.58 Å². The molecular weight excluding hydrogens is 152 g/mol. The molecule has 0 saturated carbocycles. The summed E-state index contributed by atoms with van der Waals surface area (Å²) in [5.74, 6) is 0. The average Bonchev–Trinajstić information content (AvgIpc) is 2.47. The van der Waals surface area contributed by atoms with Crippen LogP contribution >= 0.6 is 11.3 Å². The third-order valence-electron chi connectivity index (χ3n) is 1.69. The molecule has 53 valence electrons. The maximum absolute atomic E-state index is 5.45. The van der Waals surface area contributed by atoms with Crippen molar-refractivity contribution in [2.45, 2.75) is 0 Å². The highest BCUT2D eigenvalue weighted by Gasteiger charge is 1.97. The Labute approximate surface area is 69.8 Å². The summed E-state index contributed by atoms with van der Waals surface area (Å²) in [4.78, 5) is 1.15. The fourth-order valence-electron chi connectivity index (χ4n) is 1.14. The van der Waals surface area contributed by atoms with Crippen LogP contribution < -0.4 is 0 Å². The van der Waals surface area contributed by atoms with Crippen LogP contribution in [0.4, 0.5) is 0 Å². The normalized spacial score (nSPS) is 10.2. The summed E-state index contributed by atoms with van der Waals surface area (Å²) in [5.41, 5.74) is 0. The van der Waals surface area contributed by atoms with Gasteiger partial charge >= 0.3 is 0 Å². The van der Waals surface area contributed by atoms with Gasteiger partial charge in [0.15, 0.2) is 0 Å². The fourth-order valence-corrected chi connectivity index (χ4v) is 1.99. The summed E-state index contributed by atoms with van der Waals surface area (Å²) in [6.07, 6.45) is 1.66. The zero-order valence-corrected chi connectivity index (χ0v) is 6.77.